The molecule has 0 saturated heterocycles. The van der Waals surface area contributed by atoms with E-state index in [1.165, 1.54) is 11.1 Å². The van der Waals surface area contributed by atoms with Gasteiger partial charge in [-0.05, 0) is 48.8 Å². The fraction of sp³-hybridized carbons (Fsp3) is 0.208. The van der Waals surface area contributed by atoms with E-state index in [2.05, 4.69) is 71.3 Å². The number of nitrogens with one attached hydrogen (secondary N) is 2. The number of rotatable bonds is 8. The van der Waals surface area contributed by atoms with Gasteiger partial charge in [0.15, 0.2) is 5.11 Å². The minimum absolute atomic E-state index is 0.327. The summed E-state index contributed by atoms with van der Waals surface area (Å²) in [6, 6.07) is 29.1. The van der Waals surface area contributed by atoms with Crippen molar-refractivity contribution in [1.29, 1.82) is 0 Å². The quantitative estimate of drug-likeness (QED) is 0.491. The molecule has 0 aromatic heterocycles. The van der Waals surface area contributed by atoms with Gasteiger partial charge < -0.3 is 15.4 Å². The molecule has 3 rings (SSSR count). The van der Waals surface area contributed by atoms with Crippen LogP contribution in [0, 0.1) is 0 Å². The van der Waals surface area contributed by atoms with E-state index in [0.717, 1.165) is 24.4 Å². The fourth-order valence-electron chi connectivity index (χ4n) is 3.24. The second kappa shape index (κ2) is 10.5. The van der Waals surface area contributed by atoms with Crippen LogP contribution < -0.4 is 15.4 Å². The fourth-order valence-corrected chi connectivity index (χ4v) is 3.46. The molecule has 3 aromatic carbocycles. The molecule has 0 saturated carbocycles. The number of anilines is 1. The van der Waals surface area contributed by atoms with Crippen molar-refractivity contribution in [2.75, 3.05) is 18.5 Å². The van der Waals surface area contributed by atoms with Gasteiger partial charge in [0.25, 0.3) is 0 Å². The van der Waals surface area contributed by atoms with Crippen LogP contribution in [0.3, 0.4) is 0 Å². The van der Waals surface area contributed by atoms with Crippen molar-refractivity contribution in [1.82, 2.24) is 5.32 Å². The van der Waals surface area contributed by atoms with Crippen molar-refractivity contribution in [2.45, 2.75) is 19.3 Å². The number of ether oxygens (including phenoxy) is 1. The summed E-state index contributed by atoms with van der Waals surface area (Å²) in [4.78, 5) is 0. The second-order valence-corrected chi connectivity index (χ2v) is 6.88. The molecule has 0 bridgehead atoms. The molecule has 0 aliphatic heterocycles. The first-order valence-electron chi connectivity index (χ1n) is 9.64. The molecule has 0 heterocycles. The van der Waals surface area contributed by atoms with Gasteiger partial charge in [-0.1, -0.05) is 72.8 Å². The normalized spacial score (nSPS) is 10.5. The predicted molar refractivity (Wildman–Crippen MR) is 121 cm³/mol. The van der Waals surface area contributed by atoms with Gasteiger partial charge in [0.05, 0.1) is 12.3 Å². The zero-order valence-electron chi connectivity index (χ0n) is 16.1. The highest BCUT2D eigenvalue weighted by atomic mass is 32.1. The maximum Gasteiger partial charge on any atom is 0.170 e. The standard InChI is InChI=1S/C24H26N2OS/c1-2-27-23-16-10-9-15-22(23)26-24(28)25-18-17-21(19-11-5-3-6-12-19)20-13-7-4-8-14-20/h3-16,21H,2,17-18H2,1H3,(H2,25,26,28). The van der Waals surface area contributed by atoms with Crippen LogP contribution in [0.4, 0.5) is 5.69 Å². The number of thiocarbonyl (C=S) groups is 1. The number of hydrogen-bond acceptors (Lipinski definition) is 2. The Morgan fingerprint density at radius 3 is 2.04 bits per heavy atom. The topological polar surface area (TPSA) is 33.3 Å². The van der Waals surface area contributed by atoms with Gasteiger partial charge in [-0.2, -0.15) is 0 Å². The molecule has 0 atom stereocenters. The number of para-hydroxylation sites is 2. The monoisotopic (exact) mass is 390 g/mol. The molecule has 0 spiro atoms. The average molecular weight is 391 g/mol. The van der Waals surface area contributed by atoms with Crippen molar-refractivity contribution in [2.24, 2.45) is 0 Å². The minimum atomic E-state index is 0.327. The summed E-state index contributed by atoms with van der Waals surface area (Å²) < 4.78 is 5.65. The summed E-state index contributed by atoms with van der Waals surface area (Å²) >= 11 is 5.49. The van der Waals surface area contributed by atoms with E-state index in [9.17, 15) is 0 Å². The molecule has 3 aromatic rings. The molecular formula is C24H26N2OS. The van der Waals surface area contributed by atoms with Gasteiger partial charge in [0.1, 0.15) is 5.75 Å². The highest BCUT2D eigenvalue weighted by molar-refractivity contribution is 7.80. The van der Waals surface area contributed by atoms with Crippen LogP contribution in [0.1, 0.15) is 30.4 Å². The van der Waals surface area contributed by atoms with Gasteiger partial charge >= 0.3 is 0 Å². The molecule has 0 radical (unpaired) electrons. The van der Waals surface area contributed by atoms with Crippen molar-refractivity contribution >= 4 is 23.0 Å². The van der Waals surface area contributed by atoms with E-state index in [0.29, 0.717) is 17.6 Å². The summed E-state index contributed by atoms with van der Waals surface area (Å²) in [5.74, 6) is 1.13. The Kier molecular flexibility index (Phi) is 7.44. The zero-order chi connectivity index (χ0) is 19.6. The molecular weight excluding hydrogens is 364 g/mol. The third kappa shape index (κ3) is 5.57. The molecule has 2 N–H and O–H groups in total. The Labute approximate surface area is 172 Å². The van der Waals surface area contributed by atoms with Crippen LogP contribution in [0.5, 0.6) is 5.75 Å². The van der Waals surface area contributed by atoms with Gasteiger partial charge in [0.2, 0.25) is 0 Å². The van der Waals surface area contributed by atoms with E-state index < -0.39 is 0 Å². The van der Waals surface area contributed by atoms with Crippen LogP contribution in [0.2, 0.25) is 0 Å². The Morgan fingerprint density at radius 1 is 0.857 bits per heavy atom. The largest absolute Gasteiger partial charge is 0.492 e. The summed E-state index contributed by atoms with van der Waals surface area (Å²) in [6.07, 6.45) is 0.947. The van der Waals surface area contributed by atoms with Crippen LogP contribution in [0.25, 0.3) is 0 Å². The Morgan fingerprint density at radius 2 is 1.43 bits per heavy atom. The SMILES string of the molecule is CCOc1ccccc1NC(=S)NCCC(c1ccccc1)c1ccccc1. The third-order valence-electron chi connectivity index (χ3n) is 4.56. The number of benzene rings is 3. The first kappa shape index (κ1) is 19.9. The van der Waals surface area contributed by atoms with Crippen molar-refractivity contribution in [3.63, 3.8) is 0 Å². The predicted octanol–water partition coefficient (Wildman–Crippen LogP) is 5.59. The summed E-state index contributed by atoms with van der Waals surface area (Å²) in [7, 11) is 0. The molecule has 144 valence electrons. The van der Waals surface area contributed by atoms with Gasteiger partial charge in [-0.3, -0.25) is 0 Å². The second-order valence-electron chi connectivity index (χ2n) is 6.47. The van der Waals surface area contributed by atoms with Crippen LogP contribution in [-0.4, -0.2) is 18.3 Å². The van der Waals surface area contributed by atoms with Gasteiger partial charge in [-0.15, -0.1) is 0 Å². The molecule has 0 aliphatic carbocycles. The smallest absolute Gasteiger partial charge is 0.170 e. The maximum atomic E-state index is 5.65. The van der Waals surface area contributed by atoms with E-state index in [-0.39, 0.29) is 0 Å². The van der Waals surface area contributed by atoms with Crippen molar-refractivity contribution < 1.29 is 4.74 Å². The van der Waals surface area contributed by atoms with Crippen molar-refractivity contribution in [3.05, 3.63) is 96.1 Å². The lowest BCUT2D eigenvalue weighted by Gasteiger charge is -2.19. The molecule has 4 heteroatoms. The third-order valence-corrected chi connectivity index (χ3v) is 4.80. The van der Waals surface area contributed by atoms with Gasteiger partial charge in [0, 0.05) is 12.5 Å². The maximum absolute atomic E-state index is 5.65. The van der Waals surface area contributed by atoms with E-state index >= 15 is 0 Å². The number of hydrogen-bond donors (Lipinski definition) is 2. The Hall–Kier alpha value is -2.85. The minimum Gasteiger partial charge on any atom is -0.492 e. The highest BCUT2D eigenvalue weighted by Crippen LogP contribution is 2.27. The van der Waals surface area contributed by atoms with E-state index in [4.69, 9.17) is 17.0 Å². The zero-order valence-corrected chi connectivity index (χ0v) is 16.9. The Balaban J connectivity index is 1.61. The molecule has 0 amide bonds. The lowest BCUT2D eigenvalue weighted by Crippen LogP contribution is -2.30. The summed E-state index contributed by atoms with van der Waals surface area (Å²) in [5.41, 5.74) is 3.51. The molecule has 0 fully saturated rings. The van der Waals surface area contributed by atoms with Gasteiger partial charge in [-0.25, -0.2) is 0 Å². The van der Waals surface area contributed by atoms with Crippen LogP contribution in [-0.2, 0) is 0 Å². The first-order valence-corrected chi connectivity index (χ1v) is 10.1. The molecule has 0 aliphatic rings. The van der Waals surface area contributed by atoms with E-state index in [1.807, 2.05) is 31.2 Å². The van der Waals surface area contributed by atoms with Crippen LogP contribution in [0.15, 0.2) is 84.9 Å². The molecule has 3 nitrogen and oxygen atoms in total. The summed E-state index contributed by atoms with van der Waals surface area (Å²) in [6.45, 7) is 3.37. The molecule has 28 heavy (non-hydrogen) atoms. The van der Waals surface area contributed by atoms with Crippen molar-refractivity contribution in [3.8, 4) is 5.75 Å². The lowest BCUT2D eigenvalue weighted by molar-refractivity contribution is 0.342. The summed E-state index contributed by atoms with van der Waals surface area (Å²) in [5, 5.41) is 7.18. The van der Waals surface area contributed by atoms with Crippen LogP contribution >= 0.6 is 12.2 Å². The highest BCUT2D eigenvalue weighted by Gasteiger charge is 2.14. The average Bonchev–Trinajstić information content (AvgIpc) is 2.74. The first-order chi connectivity index (χ1) is 13.8. The Bertz CT molecular complexity index is 829. The molecule has 0 unspecified atom stereocenters. The van der Waals surface area contributed by atoms with E-state index in [1.54, 1.807) is 0 Å². The lowest BCUT2D eigenvalue weighted by atomic mass is 9.88.